The normalized spacial score (nSPS) is 13.5. The molecule has 0 fully saturated rings. The van der Waals surface area contributed by atoms with Crippen molar-refractivity contribution in [3.63, 3.8) is 0 Å². The van der Waals surface area contributed by atoms with E-state index >= 15 is 0 Å². The predicted octanol–water partition coefficient (Wildman–Crippen LogP) is 2.22. The molecule has 0 rings (SSSR count). The predicted molar refractivity (Wildman–Crippen MR) is 60.7 cm³/mol. The summed E-state index contributed by atoms with van der Waals surface area (Å²) >= 11 is 0. The van der Waals surface area contributed by atoms with Crippen molar-refractivity contribution < 1.29 is 18.0 Å². The van der Waals surface area contributed by atoms with Gasteiger partial charge in [0.25, 0.3) is 0 Å². The molecule has 0 aromatic heterocycles. The summed E-state index contributed by atoms with van der Waals surface area (Å²) in [6.07, 6.45) is -0.0837. The second-order valence-corrected chi connectivity index (χ2v) is 4.07. The number of hydrogen-bond acceptors (Lipinski definition) is 2. The van der Waals surface area contributed by atoms with E-state index in [0.29, 0.717) is 6.54 Å². The van der Waals surface area contributed by atoms with Gasteiger partial charge in [-0.2, -0.15) is 13.2 Å². The molecule has 0 aliphatic heterocycles. The molecule has 0 aliphatic rings. The van der Waals surface area contributed by atoms with Crippen molar-refractivity contribution >= 4 is 5.91 Å². The number of carbonyl (C=O) groups is 1. The second-order valence-electron chi connectivity index (χ2n) is 4.07. The van der Waals surface area contributed by atoms with Crippen molar-refractivity contribution in [1.82, 2.24) is 10.6 Å². The zero-order chi connectivity index (χ0) is 13.3. The lowest BCUT2D eigenvalue weighted by molar-refractivity contribution is -0.139. The molecule has 102 valence electrons. The van der Waals surface area contributed by atoms with Crippen LogP contribution in [0.5, 0.6) is 0 Å². The Morgan fingerprint density at radius 2 is 1.88 bits per heavy atom. The van der Waals surface area contributed by atoms with Crippen LogP contribution in [0, 0.1) is 0 Å². The first kappa shape index (κ1) is 16.2. The van der Waals surface area contributed by atoms with E-state index in [4.69, 9.17) is 0 Å². The lowest BCUT2D eigenvalue weighted by atomic mass is 10.2. The minimum Gasteiger partial charge on any atom is -0.346 e. The number of hydrogen-bond donors (Lipinski definition) is 2. The van der Waals surface area contributed by atoms with Crippen LogP contribution in [-0.2, 0) is 4.79 Å². The minimum atomic E-state index is -4.35. The molecule has 0 bridgehead atoms. The molecule has 1 amide bonds. The Morgan fingerprint density at radius 3 is 2.41 bits per heavy atom. The van der Waals surface area contributed by atoms with Gasteiger partial charge in [-0.05, 0) is 19.9 Å². The van der Waals surface area contributed by atoms with Crippen LogP contribution in [0.25, 0.3) is 0 Å². The lowest BCUT2D eigenvalue weighted by Crippen LogP contribution is -2.45. The highest BCUT2D eigenvalue weighted by atomic mass is 19.4. The molecule has 0 aromatic rings. The molecule has 1 atom stereocenters. The summed E-state index contributed by atoms with van der Waals surface area (Å²) in [5.41, 5.74) is 0. The first-order chi connectivity index (χ1) is 7.87. The fourth-order valence-corrected chi connectivity index (χ4v) is 1.30. The lowest BCUT2D eigenvalue weighted by Gasteiger charge is -2.14. The SMILES string of the molecule is CCCCCCNC(C)C(=O)NCC(F)(F)F. The molecule has 0 saturated carbocycles. The van der Waals surface area contributed by atoms with Crippen LogP contribution in [0.4, 0.5) is 13.2 Å². The number of amides is 1. The molecule has 0 heterocycles. The average Bonchev–Trinajstić information content (AvgIpc) is 2.24. The number of halogens is 3. The highest BCUT2D eigenvalue weighted by molar-refractivity contribution is 5.81. The van der Waals surface area contributed by atoms with Gasteiger partial charge in [0.05, 0.1) is 6.04 Å². The molecule has 0 aromatic carbocycles. The zero-order valence-corrected chi connectivity index (χ0v) is 10.4. The Labute approximate surface area is 100 Å². The Balaban J connectivity index is 3.61. The van der Waals surface area contributed by atoms with E-state index < -0.39 is 24.7 Å². The van der Waals surface area contributed by atoms with Gasteiger partial charge in [0.2, 0.25) is 5.91 Å². The van der Waals surface area contributed by atoms with Gasteiger partial charge in [-0.25, -0.2) is 0 Å². The molecular formula is C11H21F3N2O. The highest BCUT2D eigenvalue weighted by Crippen LogP contribution is 2.12. The van der Waals surface area contributed by atoms with Gasteiger partial charge in [-0.15, -0.1) is 0 Å². The Morgan fingerprint density at radius 1 is 1.24 bits per heavy atom. The van der Waals surface area contributed by atoms with Crippen LogP contribution >= 0.6 is 0 Å². The van der Waals surface area contributed by atoms with Crippen molar-refractivity contribution in [1.29, 1.82) is 0 Å². The summed E-state index contributed by atoms with van der Waals surface area (Å²) < 4.78 is 35.5. The van der Waals surface area contributed by atoms with Crippen LogP contribution in [0.15, 0.2) is 0 Å². The van der Waals surface area contributed by atoms with Crippen LogP contribution in [0.1, 0.15) is 39.5 Å². The van der Waals surface area contributed by atoms with E-state index in [1.54, 1.807) is 6.92 Å². The number of carbonyl (C=O) groups excluding carboxylic acids is 1. The van der Waals surface area contributed by atoms with E-state index in [0.717, 1.165) is 25.7 Å². The zero-order valence-electron chi connectivity index (χ0n) is 10.4. The number of rotatable bonds is 8. The summed E-state index contributed by atoms with van der Waals surface area (Å²) in [7, 11) is 0. The van der Waals surface area contributed by atoms with Crippen molar-refractivity contribution in [2.24, 2.45) is 0 Å². The van der Waals surface area contributed by atoms with E-state index in [1.807, 2.05) is 5.32 Å². The van der Waals surface area contributed by atoms with E-state index in [9.17, 15) is 18.0 Å². The maximum Gasteiger partial charge on any atom is 0.405 e. The van der Waals surface area contributed by atoms with Crippen molar-refractivity contribution in [2.45, 2.75) is 51.7 Å². The molecule has 2 N–H and O–H groups in total. The smallest absolute Gasteiger partial charge is 0.346 e. The van der Waals surface area contributed by atoms with E-state index in [1.165, 1.54) is 0 Å². The van der Waals surface area contributed by atoms with Crippen LogP contribution in [0.3, 0.4) is 0 Å². The van der Waals surface area contributed by atoms with Crippen molar-refractivity contribution in [3.8, 4) is 0 Å². The van der Waals surface area contributed by atoms with Gasteiger partial charge < -0.3 is 10.6 Å². The molecular weight excluding hydrogens is 233 g/mol. The summed E-state index contributed by atoms with van der Waals surface area (Å²) in [4.78, 5) is 11.2. The third-order valence-electron chi connectivity index (χ3n) is 2.34. The second kappa shape index (κ2) is 8.33. The third-order valence-corrected chi connectivity index (χ3v) is 2.34. The summed E-state index contributed by atoms with van der Waals surface area (Å²) in [6, 6.07) is -0.584. The maximum absolute atomic E-state index is 11.8. The van der Waals surface area contributed by atoms with E-state index in [2.05, 4.69) is 12.2 Å². The maximum atomic E-state index is 11.8. The van der Waals surface area contributed by atoms with E-state index in [-0.39, 0.29) is 0 Å². The Kier molecular flexibility index (Phi) is 7.95. The monoisotopic (exact) mass is 254 g/mol. The van der Waals surface area contributed by atoms with Crippen LogP contribution in [-0.4, -0.2) is 31.2 Å². The van der Waals surface area contributed by atoms with Gasteiger partial charge in [-0.1, -0.05) is 26.2 Å². The van der Waals surface area contributed by atoms with Crippen molar-refractivity contribution in [2.75, 3.05) is 13.1 Å². The van der Waals surface area contributed by atoms with Gasteiger partial charge in [-0.3, -0.25) is 4.79 Å². The molecule has 0 radical (unpaired) electrons. The first-order valence-electron chi connectivity index (χ1n) is 5.94. The van der Waals surface area contributed by atoms with Gasteiger partial charge in [0, 0.05) is 0 Å². The molecule has 0 aliphatic carbocycles. The topological polar surface area (TPSA) is 41.1 Å². The molecule has 0 spiro atoms. The fourth-order valence-electron chi connectivity index (χ4n) is 1.30. The molecule has 1 unspecified atom stereocenters. The summed E-state index contributed by atoms with van der Waals surface area (Å²) in [5, 5.41) is 4.75. The Bertz CT molecular complexity index is 219. The van der Waals surface area contributed by atoms with Gasteiger partial charge in [0.15, 0.2) is 0 Å². The number of alkyl halides is 3. The number of unbranched alkanes of at least 4 members (excludes halogenated alkanes) is 3. The molecule has 0 saturated heterocycles. The number of nitrogens with one attached hydrogen (secondary N) is 2. The quantitative estimate of drug-likeness (QED) is 0.652. The Hall–Kier alpha value is -0.780. The van der Waals surface area contributed by atoms with Gasteiger partial charge >= 0.3 is 6.18 Å². The molecule has 3 nitrogen and oxygen atoms in total. The largest absolute Gasteiger partial charge is 0.405 e. The fraction of sp³-hybridized carbons (Fsp3) is 0.909. The molecule has 6 heteroatoms. The minimum absolute atomic E-state index is 0.584. The first-order valence-corrected chi connectivity index (χ1v) is 5.94. The van der Waals surface area contributed by atoms with Gasteiger partial charge in [0.1, 0.15) is 6.54 Å². The van der Waals surface area contributed by atoms with Crippen LogP contribution in [0.2, 0.25) is 0 Å². The standard InChI is InChI=1S/C11H21F3N2O/c1-3-4-5-6-7-15-9(2)10(17)16-8-11(12,13)14/h9,15H,3-8H2,1-2H3,(H,16,17). The van der Waals surface area contributed by atoms with Crippen molar-refractivity contribution in [3.05, 3.63) is 0 Å². The highest BCUT2D eigenvalue weighted by Gasteiger charge is 2.28. The van der Waals surface area contributed by atoms with Crippen LogP contribution < -0.4 is 10.6 Å². The third kappa shape index (κ3) is 10.1. The summed E-state index contributed by atoms with van der Waals surface area (Å²) in [5.74, 6) is -0.613. The average molecular weight is 254 g/mol. The molecule has 17 heavy (non-hydrogen) atoms. The summed E-state index contributed by atoms with van der Waals surface area (Å²) in [6.45, 7) is 3.04.